The molecule has 0 aromatic carbocycles. The number of pyridine rings is 2. The molecule has 1 saturated carbocycles. The second-order valence-corrected chi connectivity index (χ2v) is 9.25. The summed E-state index contributed by atoms with van der Waals surface area (Å²) in [5, 5.41) is 13.5. The molecule has 2 aromatic rings. The fourth-order valence-corrected chi connectivity index (χ4v) is 5.48. The minimum Gasteiger partial charge on any atom is -0.396 e. The molecule has 168 valence electrons. The van der Waals surface area contributed by atoms with Crippen LogP contribution in [0.4, 0.5) is 0 Å². The molecule has 5 rings (SSSR count). The van der Waals surface area contributed by atoms with Gasteiger partial charge in [0.15, 0.2) is 0 Å². The third-order valence-electron chi connectivity index (χ3n) is 7.21. The number of aliphatic hydroxyl groups is 1. The zero-order valence-corrected chi connectivity index (χ0v) is 18.4. The van der Waals surface area contributed by atoms with Gasteiger partial charge >= 0.3 is 0 Å². The molecule has 32 heavy (non-hydrogen) atoms. The summed E-state index contributed by atoms with van der Waals surface area (Å²) in [5.74, 6) is 0.349. The summed E-state index contributed by atoms with van der Waals surface area (Å²) in [6.45, 7) is 3.60. The van der Waals surface area contributed by atoms with Crippen LogP contribution in [0, 0.1) is 17.8 Å². The van der Waals surface area contributed by atoms with Gasteiger partial charge in [0, 0.05) is 61.7 Å². The van der Waals surface area contributed by atoms with Gasteiger partial charge in [-0.1, -0.05) is 12.2 Å². The molecular formula is C25H30N4O3. The van der Waals surface area contributed by atoms with E-state index in [4.69, 9.17) is 0 Å². The molecular weight excluding hydrogens is 404 g/mol. The average molecular weight is 435 g/mol. The van der Waals surface area contributed by atoms with Crippen molar-refractivity contribution in [3.8, 4) is 0 Å². The molecule has 1 aliphatic carbocycles. The lowest BCUT2D eigenvalue weighted by molar-refractivity contribution is -0.128. The highest BCUT2D eigenvalue weighted by Gasteiger charge is 2.55. The lowest BCUT2D eigenvalue weighted by atomic mass is 9.88. The first-order chi connectivity index (χ1) is 15.6. The van der Waals surface area contributed by atoms with Crippen molar-refractivity contribution in [1.29, 1.82) is 0 Å². The van der Waals surface area contributed by atoms with Gasteiger partial charge in [0.05, 0.1) is 12.1 Å². The number of fused-ring (bicyclic) bond motifs is 3. The van der Waals surface area contributed by atoms with Gasteiger partial charge in [-0.25, -0.2) is 0 Å². The third kappa shape index (κ3) is 3.69. The van der Waals surface area contributed by atoms with Crippen molar-refractivity contribution in [3.05, 3.63) is 69.9 Å². The van der Waals surface area contributed by atoms with E-state index in [0.717, 1.165) is 11.3 Å². The topological polar surface area (TPSA) is 87.5 Å². The van der Waals surface area contributed by atoms with Crippen LogP contribution < -0.4 is 10.9 Å². The summed E-state index contributed by atoms with van der Waals surface area (Å²) >= 11 is 0. The van der Waals surface area contributed by atoms with E-state index in [1.165, 1.54) is 12.8 Å². The first-order valence-electron chi connectivity index (χ1n) is 11.5. The van der Waals surface area contributed by atoms with Crippen LogP contribution >= 0.6 is 0 Å². The molecule has 4 atom stereocenters. The number of likely N-dealkylation sites (tertiary alicyclic amines) is 1. The number of rotatable bonds is 7. The van der Waals surface area contributed by atoms with E-state index in [2.05, 4.69) is 15.2 Å². The third-order valence-corrected chi connectivity index (χ3v) is 7.21. The summed E-state index contributed by atoms with van der Waals surface area (Å²) in [5.41, 5.74) is 2.64. The lowest BCUT2D eigenvalue weighted by Crippen LogP contribution is -2.48. The highest BCUT2D eigenvalue weighted by atomic mass is 16.3. The van der Waals surface area contributed by atoms with Gasteiger partial charge in [-0.3, -0.25) is 19.5 Å². The van der Waals surface area contributed by atoms with Crippen molar-refractivity contribution in [2.75, 3.05) is 13.2 Å². The van der Waals surface area contributed by atoms with E-state index < -0.39 is 6.04 Å². The molecule has 7 nitrogen and oxygen atoms in total. The highest BCUT2D eigenvalue weighted by molar-refractivity contribution is 5.83. The predicted octanol–water partition coefficient (Wildman–Crippen LogP) is 1.97. The Morgan fingerprint density at radius 3 is 2.72 bits per heavy atom. The number of allylic oxidation sites excluding steroid dienone is 1. The maximum atomic E-state index is 13.3. The Morgan fingerprint density at radius 2 is 2.03 bits per heavy atom. The zero-order chi connectivity index (χ0) is 22.2. The fraction of sp³-hybridized carbons (Fsp3) is 0.480. The Bertz CT molecular complexity index is 1080. The molecule has 1 amide bonds. The van der Waals surface area contributed by atoms with E-state index in [1.807, 2.05) is 47.9 Å². The fourth-order valence-electron chi connectivity index (χ4n) is 5.48. The molecule has 0 unspecified atom stereocenters. The van der Waals surface area contributed by atoms with Crippen LogP contribution in [-0.4, -0.2) is 44.7 Å². The number of hydrogen-bond acceptors (Lipinski definition) is 5. The first-order valence-corrected chi connectivity index (χ1v) is 11.5. The number of nitrogens with zero attached hydrogens (tertiary/aromatic N) is 3. The number of carbonyl (C=O) groups is 1. The van der Waals surface area contributed by atoms with Gasteiger partial charge in [0.25, 0.3) is 5.56 Å². The number of carbonyl (C=O) groups excluding carboxylic acids is 1. The molecule has 2 aromatic heterocycles. The number of nitrogens with one attached hydrogen (secondary N) is 1. The Morgan fingerprint density at radius 1 is 1.25 bits per heavy atom. The van der Waals surface area contributed by atoms with Crippen molar-refractivity contribution >= 4 is 12.0 Å². The van der Waals surface area contributed by atoms with Gasteiger partial charge < -0.3 is 15.0 Å². The normalized spacial score (nSPS) is 26.9. The van der Waals surface area contributed by atoms with Gasteiger partial charge in [0.1, 0.15) is 0 Å². The quantitative estimate of drug-likeness (QED) is 0.696. The molecule has 3 aliphatic rings. The van der Waals surface area contributed by atoms with E-state index in [9.17, 15) is 14.7 Å². The van der Waals surface area contributed by atoms with Crippen molar-refractivity contribution in [3.63, 3.8) is 0 Å². The van der Waals surface area contributed by atoms with Crippen LogP contribution in [0.25, 0.3) is 6.08 Å². The SMILES string of the molecule is C/C=C/c1ccc2n(c1=O)C[C@H]1[C@H](CO)[C@@H](C(=O)NCC3CC3)N(Cc3ccncc3)[C@@H]21. The standard InChI is InChI=1S/C25H30N4O3/c1-2-3-18-6-7-21-22-19(14-28(21)25(18)32)20(15-30)23(24(31)27-12-16-4-5-16)29(22)13-17-8-10-26-11-9-17/h2-3,6-11,16,19-20,22-23,30H,4-5,12-15H2,1H3,(H,27,31)/b3-2+/t19-,20-,22+,23-/m0/s1. The Hall–Kier alpha value is -2.77. The predicted molar refractivity (Wildman–Crippen MR) is 122 cm³/mol. The van der Waals surface area contributed by atoms with E-state index in [1.54, 1.807) is 12.4 Å². The molecule has 2 N–H and O–H groups in total. The minimum atomic E-state index is -0.430. The van der Waals surface area contributed by atoms with E-state index in [0.29, 0.717) is 31.1 Å². The van der Waals surface area contributed by atoms with E-state index in [-0.39, 0.29) is 36.0 Å². The van der Waals surface area contributed by atoms with E-state index >= 15 is 0 Å². The van der Waals surface area contributed by atoms with Gasteiger partial charge in [0.2, 0.25) is 5.91 Å². The second-order valence-electron chi connectivity index (χ2n) is 9.25. The van der Waals surface area contributed by atoms with Crippen LogP contribution in [-0.2, 0) is 17.9 Å². The number of aliphatic hydroxyl groups excluding tert-OH is 1. The number of aromatic nitrogens is 2. The minimum absolute atomic E-state index is 0.00654. The van der Waals surface area contributed by atoms with Crippen LogP contribution in [0.3, 0.4) is 0 Å². The Kier molecular flexibility index (Phi) is 5.69. The van der Waals surface area contributed by atoms with Gasteiger partial charge in [-0.15, -0.1) is 0 Å². The van der Waals surface area contributed by atoms with Gasteiger partial charge in [-0.05, 0) is 55.5 Å². The maximum Gasteiger partial charge on any atom is 0.258 e. The average Bonchev–Trinajstić information content (AvgIpc) is 3.48. The van der Waals surface area contributed by atoms with Crippen LogP contribution in [0.2, 0.25) is 0 Å². The maximum absolute atomic E-state index is 13.3. The first kappa shape index (κ1) is 21.1. The molecule has 1 saturated heterocycles. The van der Waals surface area contributed by atoms with Crippen LogP contribution in [0.1, 0.15) is 42.6 Å². The Balaban J connectivity index is 1.53. The molecule has 2 fully saturated rings. The zero-order valence-electron chi connectivity index (χ0n) is 18.4. The summed E-state index contributed by atoms with van der Waals surface area (Å²) < 4.78 is 1.84. The molecule has 0 radical (unpaired) electrons. The largest absolute Gasteiger partial charge is 0.396 e. The molecule has 4 heterocycles. The number of amides is 1. The Labute approximate surface area is 187 Å². The molecule has 0 bridgehead atoms. The van der Waals surface area contributed by atoms with Gasteiger partial charge in [-0.2, -0.15) is 0 Å². The lowest BCUT2D eigenvalue weighted by Gasteiger charge is -2.31. The molecule has 2 aliphatic heterocycles. The van der Waals surface area contributed by atoms with Crippen LogP contribution in [0.5, 0.6) is 0 Å². The molecule has 7 heteroatoms. The van der Waals surface area contributed by atoms with Crippen LogP contribution in [0.15, 0.2) is 47.5 Å². The second kappa shape index (κ2) is 8.64. The summed E-state index contributed by atoms with van der Waals surface area (Å²) in [6, 6.07) is 7.27. The molecule has 0 spiro atoms. The van der Waals surface area contributed by atoms with Crippen molar-refractivity contribution in [2.45, 2.75) is 44.9 Å². The van der Waals surface area contributed by atoms with Crippen molar-refractivity contribution in [2.24, 2.45) is 17.8 Å². The van der Waals surface area contributed by atoms with Crippen molar-refractivity contribution < 1.29 is 9.90 Å². The number of hydrogen-bond donors (Lipinski definition) is 2. The monoisotopic (exact) mass is 434 g/mol. The summed E-state index contributed by atoms with van der Waals surface area (Å²) in [7, 11) is 0. The summed E-state index contributed by atoms with van der Waals surface area (Å²) in [6.07, 6.45) is 9.55. The smallest absolute Gasteiger partial charge is 0.258 e. The summed E-state index contributed by atoms with van der Waals surface area (Å²) in [4.78, 5) is 32.7. The van der Waals surface area contributed by atoms with Crippen molar-refractivity contribution in [1.82, 2.24) is 19.8 Å². The highest BCUT2D eigenvalue weighted by Crippen LogP contribution is 2.49.